The summed E-state index contributed by atoms with van der Waals surface area (Å²) in [7, 11) is 3.67. The number of carbonyl (C=O) groups is 1. The van der Waals surface area contributed by atoms with Gasteiger partial charge in [0, 0.05) is 6.42 Å². The molecule has 122 valence electrons. The van der Waals surface area contributed by atoms with Crippen LogP contribution in [-0.2, 0) is 11.2 Å². The number of halogens is 1. The van der Waals surface area contributed by atoms with Gasteiger partial charge in [0.1, 0.15) is 12.5 Å². The predicted octanol–water partition coefficient (Wildman–Crippen LogP) is 4.14. The normalized spacial score (nSPS) is 15.2. The van der Waals surface area contributed by atoms with Crippen LogP contribution in [0.5, 0.6) is 0 Å². The van der Waals surface area contributed by atoms with Crippen LogP contribution in [0.3, 0.4) is 0 Å². The van der Waals surface area contributed by atoms with Crippen molar-refractivity contribution in [2.24, 2.45) is 0 Å². The first-order valence-electron chi connectivity index (χ1n) is 7.85. The SMILES string of the molecule is Cc1ccc(CC(C=O)(CC(F)c2ccccc2)N(C)C)cc1. The molecule has 0 aliphatic heterocycles. The van der Waals surface area contributed by atoms with Crippen molar-refractivity contribution in [3.05, 3.63) is 71.3 Å². The molecule has 3 heteroatoms. The Balaban J connectivity index is 2.24. The number of rotatable bonds is 7. The van der Waals surface area contributed by atoms with Crippen molar-refractivity contribution in [1.29, 1.82) is 0 Å². The summed E-state index contributed by atoms with van der Waals surface area (Å²) in [6.45, 7) is 2.02. The average molecular weight is 313 g/mol. The minimum Gasteiger partial charge on any atom is -0.301 e. The highest BCUT2D eigenvalue weighted by Gasteiger charge is 2.36. The number of hydrogen-bond acceptors (Lipinski definition) is 2. The van der Waals surface area contributed by atoms with Crippen molar-refractivity contribution in [3.8, 4) is 0 Å². The number of aldehydes is 1. The molecule has 2 aromatic rings. The van der Waals surface area contributed by atoms with Crippen LogP contribution in [-0.4, -0.2) is 30.8 Å². The maximum atomic E-state index is 14.8. The number of benzene rings is 2. The summed E-state index contributed by atoms with van der Waals surface area (Å²) in [5.41, 5.74) is 1.97. The van der Waals surface area contributed by atoms with E-state index >= 15 is 0 Å². The van der Waals surface area contributed by atoms with E-state index in [0.717, 1.165) is 11.8 Å². The van der Waals surface area contributed by atoms with Crippen LogP contribution < -0.4 is 0 Å². The van der Waals surface area contributed by atoms with Gasteiger partial charge in [-0.05, 0) is 38.6 Å². The molecule has 0 radical (unpaired) electrons. The Labute approximate surface area is 137 Å². The van der Waals surface area contributed by atoms with E-state index in [2.05, 4.69) is 0 Å². The van der Waals surface area contributed by atoms with Gasteiger partial charge in [-0.25, -0.2) is 4.39 Å². The van der Waals surface area contributed by atoms with Crippen LogP contribution >= 0.6 is 0 Å². The lowest BCUT2D eigenvalue weighted by molar-refractivity contribution is -0.118. The van der Waals surface area contributed by atoms with Crippen molar-refractivity contribution in [2.75, 3.05) is 14.1 Å². The second-order valence-electron chi connectivity index (χ2n) is 6.36. The van der Waals surface area contributed by atoms with E-state index in [1.54, 1.807) is 12.1 Å². The quantitative estimate of drug-likeness (QED) is 0.716. The van der Waals surface area contributed by atoms with Crippen molar-refractivity contribution < 1.29 is 9.18 Å². The molecule has 0 aliphatic carbocycles. The van der Waals surface area contributed by atoms with E-state index in [9.17, 15) is 9.18 Å². The van der Waals surface area contributed by atoms with E-state index in [0.29, 0.717) is 12.0 Å². The first kappa shape index (κ1) is 17.4. The van der Waals surface area contributed by atoms with Crippen LogP contribution in [0.4, 0.5) is 4.39 Å². The topological polar surface area (TPSA) is 20.3 Å². The Hall–Kier alpha value is -2.00. The third-order valence-corrected chi connectivity index (χ3v) is 4.43. The molecule has 0 aliphatic rings. The standard InChI is InChI=1S/C20H24FNO/c1-16-9-11-17(12-10-16)13-20(15-23,22(2)3)14-19(21)18-7-5-4-6-8-18/h4-12,15,19H,13-14H2,1-3H3. The van der Waals surface area contributed by atoms with E-state index in [1.165, 1.54) is 5.56 Å². The number of hydrogen-bond donors (Lipinski definition) is 0. The maximum absolute atomic E-state index is 14.8. The number of carbonyl (C=O) groups excluding carboxylic acids is 1. The van der Waals surface area contributed by atoms with E-state index in [4.69, 9.17) is 0 Å². The van der Waals surface area contributed by atoms with Gasteiger partial charge in [0.15, 0.2) is 0 Å². The minimum atomic E-state index is -1.17. The minimum absolute atomic E-state index is 0.140. The summed E-state index contributed by atoms with van der Waals surface area (Å²) < 4.78 is 14.8. The summed E-state index contributed by atoms with van der Waals surface area (Å²) in [4.78, 5) is 13.7. The molecule has 0 bridgehead atoms. The van der Waals surface area contributed by atoms with Gasteiger partial charge in [-0.1, -0.05) is 60.2 Å². The molecule has 0 amide bonds. The number of alkyl halides is 1. The van der Waals surface area contributed by atoms with Crippen LogP contribution in [0.15, 0.2) is 54.6 Å². The fraction of sp³-hybridized carbons (Fsp3) is 0.350. The molecule has 0 aromatic heterocycles. The van der Waals surface area contributed by atoms with Crippen LogP contribution in [0, 0.1) is 6.92 Å². The lowest BCUT2D eigenvalue weighted by atomic mass is 9.84. The molecule has 2 nitrogen and oxygen atoms in total. The Bertz CT molecular complexity index is 624. The molecule has 0 fully saturated rings. The Morgan fingerprint density at radius 3 is 2.22 bits per heavy atom. The highest BCUT2D eigenvalue weighted by molar-refractivity contribution is 5.65. The summed E-state index contributed by atoms with van der Waals surface area (Å²) >= 11 is 0. The lowest BCUT2D eigenvalue weighted by Crippen LogP contribution is -2.48. The molecule has 2 unspecified atom stereocenters. The first-order chi connectivity index (χ1) is 11.0. The van der Waals surface area contributed by atoms with E-state index in [1.807, 2.05) is 68.4 Å². The monoisotopic (exact) mass is 313 g/mol. The zero-order valence-corrected chi connectivity index (χ0v) is 14.0. The largest absolute Gasteiger partial charge is 0.301 e. The number of aryl methyl sites for hydroxylation is 1. The van der Waals surface area contributed by atoms with Gasteiger partial charge < -0.3 is 4.79 Å². The number of nitrogens with zero attached hydrogens (tertiary/aromatic N) is 1. The molecular formula is C20H24FNO. The van der Waals surface area contributed by atoms with Crippen LogP contribution in [0.25, 0.3) is 0 Å². The summed E-state index contributed by atoms with van der Waals surface area (Å²) in [5.74, 6) is 0. The van der Waals surface area contributed by atoms with Crippen molar-refractivity contribution in [3.63, 3.8) is 0 Å². The Morgan fingerprint density at radius 1 is 1.09 bits per heavy atom. The van der Waals surface area contributed by atoms with Crippen molar-refractivity contribution in [2.45, 2.75) is 31.5 Å². The highest BCUT2D eigenvalue weighted by atomic mass is 19.1. The molecule has 2 aromatic carbocycles. The molecule has 0 saturated heterocycles. The molecule has 0 spiro atoms. The Morgan fingerprint density at radius 2 is 1.70 bits per heavy atom. The first-order valence-corrected chi connectivity index (χ1v) is 7.85. The second kappa shape index (κ2) is 7.51. The predicted molar refractivity (Wildman–Crippen MR) is 92.3 cm³/mol. The lowest BCUT2D eigenvalue weighted by Gasteiger charge is -2.36. The molecule has 0 N–H and O–H groups in total. The molecule has 2 atom stereocenters. The fourth-order valence-electron chi connectivity index (χ4n) is 2.76. The summed E-state index contributed by atoms with van der Waals surface area (Å²) in [6, 6.07) is 17.1. The number of likely N-dealkylation sites (N-methyl/N-ethyl adjacent to an activating group) is 1. The van der Waals surface area contributed by atoms with Gasteiger partial charge in [0.25, 0.3) is 0 Å². The van der Waals surface area contributed by atoms with Crippen molar-refractivity contribution in [1.82, 2.24) is 4.90 Å². The summed E-state index contributed by atoms with van der Waals surface area (Å²) in [6.07, 6.45) is 0.357. The Kier molecular flexibility index (Phi) is 5.67. The van der Waals surface area contributed by atoms with Crippen LogP contribution in [0.2, 0.25) is 0 Å². The smallest absolute Gasteiger partial charge is 0.140 e. The van der Waals surface area contributed by atoms with Gasteiger partial charge in [0.05, 0.1) is 5.54 Å². The van der Waals surface area contributed by atoms with Crippen molar-refractivity contribution >= 4 is 6.29 Å². The molecular weight excluding hydrogens is 289 g/mol. The molecule has 0 saturated carbocycles. The van der Waals surface area contributed by atoms with Gasteiger partial charge in [-0.2, -0.15) is 0 Å². The summed E-state index contributed by atoms with van der Waals surface area (Å²) in [5, 5.41) is 0. The molecule has 23 heavy (non-hydrogen) atoms. The van der Waals surface area contributed by atoms with Gasteiger partial charge in [-0.3, -0.25) is 4.90 Å². The zero-order valence-electron chi connectivity index (χ0n) is 14.0. The third-order valence-electron chi connectivity index (χ3n) is 4.43. The third kappa shape index (κ3) is 4.26. The van der Waals surface area contributed by atoms with Crippen LogP contribution in [0.1, 0.15) is 29.3 Å². The van der Waals surface area contributed by atoms with Gasteiger partial charge in [0.2, 0.25) is 0 Å². The highest BCUT2D eigenvalue weighted by Crippen LogP contribution is 2.31. The zero-order chi connectivity index (χ0) is 16.9. The van der Waals surface area contributed by atoms with Gasteiger partial charge >= 0.3 is 0 Å². The van der Waals surface area contributed by atoms with Gasteiger partial charge in [-0.15, -0.1) is 0 Å². The maximum Gasteiger partial charge on any atom is 0.140 e. The van der Waals surface area contributed by atoms with E-state index < -0.39 is 11.7 Å². The average Bonchev–Trinajstić information content (AvgIpc) is 2.56. The molecule has 2 rings (SSSR count). The second-order valence-corrected chi connectivity index (χ2v) is 6.36. The van der Waals surface area contributed by atoms with E-state index in [-0.39, 0.29) is 6.42 Å². The fourth-order valence-corrected chi connectivity index (χ4v) is 2.76. The molecule has 0 heterocycles.